The molecule has 0 spiro atoms. The zero-order chi connectivity index (χ0) is 16.8. The Morgan fingerprint density at radius 3 is 1.88 bits per heavy atom. The van der Waals surface area contributed by atoms with Gasteiger partial charge in [0, 0.05) is 43.5 Å². The van der Waals surface area contributed by atoms with Crippen LogP contribution >= 0.6 is 0 Å². The molecule has 0 atom stereocenters. The summed E-state index contributed by atoms with van der Waals surface area (Å²) in [4.78, 5) is 7.29. The number of aromatic amines is 2. The van der Waals surface area contributed by atoms with E-state index in [4.69, 9.17) is 0 Å². The summed E-state index contributed by atoms with van der Waals surface area (Å²) in [5.74, 6) is 0. The molecule has 0 saturated heterocycles. The van der Waals surface area contributed by atoms with Crippen molar-refractivity contribution in [2.75, 3.05) is 0 Å². The third-order valence-electron chi connectivity index (χ3n) is 5.89. The van der Waals surface area contributed by atoms with E-state index in [1.54, 1.807) is 0 Å². The Kier molecular flexibility index (Phi) is 2.05. The minimum Gasteiger partial charge on any atom is -0.354 e. The average Bonchev–Trinajstić information content (AvgIpc) is 3.25. The molecule has 0 radical (unpaired) electrons. The fourth-order valence-electron chi connectivity index (χ4n) is 4.85. The molecule has 2 heteroatoms. The predicted octanol–water partition coefficient (Wildman–Crippen LogP) is 6.70. The number of H-pyrrole nitrogens is 2. The quantitative estimate of drug-likeness (QED) is 0.290. The van der Waals surface area contributed by atoms with Gasteiger partial charge in [-0.25, -0.2) is 0 Å². The summed E-state index contributed by atoms with van der Waals surface area (Å²) in [6.07, 6.45) is 0. The number of aromatic nitrogens is 2. The maximum absolute atomic E-state index is 3.69. The van der Waals surface area contributed by atoms with Crippen molar-refractivity contribution in [1.29, 1.82) is 0 Å². The van der Waals surface area contributed by atoms with Gasteiger partial charge in [0.05, 0.1) is 5.52 Å². The molecule has 2 N–H and O–H groups in total. The van der Waals surface area contributed by atoms with Crippen molar-refractivity contribution in [3.63, 3.8) is 0 Å². The Morgan fingerprint density at radius 2 is 1.00 bits per heavy atom. The van der Waals surface area contributed by atoms with Crippen LogP contribution in [0.2, 0.25) is 0 Å². The smallest absolute Gasteiger partial charge is 0.0551 e. The number of hydrogen-bond acceptors (Lipinski definition) is 0. The number of para-hydroxylation sites is 1. The van der Waals surface area contributed by atoms with Gasteiger partial charge in [0.15, 0.2) is 0 Å². The van der Waals surface area contributed by atoms with Crippen LogP contribution in [-0.2, 0) is 0 Å². The molecule has 120 valence electrons. The van der Waals surface area contributed by atoms with Gasteiger partial charge in [-0.2, -0.15) is 0 Å². The largest absolute Gasteiger partial charge is 0.354 e. The molecule has 2 heterocycles. The Morgan fingerprint density at radius 1 is 0.385 bits per heavy atom. The molecule has 7 aromatic rings. The SMILES string of the molecule is c1ccc2c(c1)[nH]c1c2ccc2c3cccc4[nH]c5cccc(c21)c5c43. The highest BCUT2D eigenvalue weighted by molar-refractivity contribution is 6.38. The molecule has 0 fully saturated rings. The van der Waals surface area contributed by atoms with E-state index in [2.05, 4.69) is 82.8 Å². The molecule has 5 aromatic carbocycles. The van der Waals surface area contributed by atoms with Crippen molar-refractivity contribution in [1.82, 2.24) is 9.97 Å². The summed E-state index contributed by atoms with van der Waals surface area (Å²) in [6, 6.07) is 26.3. The molecule has 26 heavy (non-hydrogen) atoms. The van der Waals surface area contributed by atoms with E-state index in [0.717, 1.165) is 0 Å². The Balaban J connectivity index is 1.92. The number of fused-ring (bicyclic) bond motifs is 7. The molecular formula is C24H14N2. The number of nitrogens with one attached hydrogen (secondary N) is 2. The van der Waals surface area contributed by atoms with E-state index >= 15 is 0 Å². The van der Waals surface area contributed by atoms with Crippen molar-refractivity contribution >= 4 is 65.2 Å². The highest BCUT2D eigenvalue weighted by Gasteiger charge is 2.17. The lowest BCUT2D eigenvalue weighted by Gasteiger charge is -2.10. The molecule has 0 aliphatic heterocycles. The first kappa shape index (κ1) is 12.8. The number of hydrogen-bond donors (Lipinski definition) is 2. The second kappa shape index (κ2) is 4.17. The van der Waals surface area contributed by atoms with Gasteiger partial charge < -0.3 is 9.97 Å². The van der Waals surface area contributed by atoms with Crippen LogP contribution in [0.1, 0.15) is 0 Å². The van der Waals surface area contributed by atoms with E-state index in [9.17, 15) is 0 Å². The van der Waals surface area contributed by atoms with Crippen molar-refractivity contribution in [2.24, 2.45) is 0 Å². The summed E-state index contributed by atoms with van der Waals surface area (Å²) >= 11 is 0. The summed E-state index contributed by atoms with van der Waals surface area (Å²) in [6.45, 7) is 0. The second-order valence-corrected chi connectivity index (χ2v) is 7.16. The van der Waals surface area contributed by atoms with Crippen LogP contribution < -0.4 is 0 Å². The summed E-state index contributed by atoms with van der Waals surface area (Å²) in [7, 11) is 0. The van der Waals surface area contributed by atoms with Crippen LogP contribution in [0.25, 0.3) is 65.2 Å². The minimum absolute atomic E-state index is 1.20. The maximum Gasteiger partial charge on any atom is 0.0551 e. The van der Waals surface area contributed by atoms with Crippen molar-refractivity contribution in [2.45, 2.75) is 0 Å². The van der Waals surface area contributed by atoms with E-state index < -0.39 is 0 Å². The van der Waals surface area contributed by atoms with Gasteiger partial charge in [0.2, 0.25) is 0 Å². The first-order valence-corrected chi connectivity index (χ1v) is 8.98. The van der Waals surface area contributed by atoms with E-state index in [0.29, 0.717) is 0 Å². The van der Waals surface area contributed by atoms with Gasteiger partial charge >= 0.3 is 0 Å². The standard InChI is InChI=1S/C24H14N2/c1-2-8-18-13(5-1)16-12-11-15-14-6-3-9-19-22(14)23-17(21(15)24(16)26-18)7-4-10-20(23)25-19/h1-12,25-26H. The van der Waals surface area contributed by atoms with Crippen molar-refractivity contribution in [3.05, 3.63) is 72.8 Å². The second-order valence-electron chi connectivity index (χ2n) is 7.16. The molecule has 0 aliphatic carbocycles. The van der Waals surface area contributed by atoms with E-state index in [1.165, 1.54) is 65.2 Å². The third-order valence-corrected chi connectivity index (χ3v) is 5.89. The van der Waals surface area contributed by atoms with Crippen molar-refractivity contribution in [3.8, 4) is 0 Å². The lowest BCUT2D eigenvalue weighted by Crippen LogP contribution is -1.83. The Bertz CT molecular complexity index is 1630. The summed E-state index contributed by atoms with van der Waals surface area (Å²) < 4.78 is 0. The first-order chi connectivity index (χ1) is 12.9. The van der Waals surface area contributed by atoms with Crippen LogP contribution in [0.5, 0.6) is 0 Å². The van der Waals surface area contributed by atoms with Crippen molar-refractivity contribution < 1.29 is 0 Å². The average molecular weight is 330 g/mol. The van der Waals surface area contributed by atoms with Gasteiger partial charge in [-0.3, -0.25) is 0 Å². The molecule has 0 unspecified atom stereocenters. The Hall–Kier alpha value is -3.52. The first-order valence-electron chi connectivity index (χ1n) is 8.98. The van der Waals surface area contributed by atoms with Gasteiger partial charge in [0.1, 0.15) is 0 Å². The zero-order valence-electron chi connectivity index (χ0n) is 13.9. The summed E-state index contributed by atoms with van der Waals surface area (Å²) in [5, 5.41) is 10.6. The van der Waals surface area contributed by atoms with Crippen LogP contribution in [0.15, 0.2) is 72.8 Å². The monoisotopic (exact) mass is 330 g/mol. The molecular weight excluding hydrogens is 316 g/mol. The van der Waals surface area contributed by atoms with Crippen LogP contribution in [0, 0.1) is 0 Å². The highest BCUT2D eigenvalue weighted by atomic mass is 14.7. The normalized spacial score (nSPS) is 12.6. The van der Waals surface area contributed by atoms with E-state index in [-0.39, 0.29) is 0 Å². The predicted molar refractivity (Wildman–Crippen MR) is 111 cm³/mol. The summed E-state index contributed by atoms with van der Waals surface area (Å²) in [5.41, 5.74) is 4.86. The highest BCUT2D eigenvalue weighted by Crippen LogP contribution is 2.43. The lowest BCUT2D eigenvalue weighted by atomic mass is 9.93. The minimum atomic E-state index is 1.20. The van der Waals surface area contributed by atoms with E-state index in [1.807, 2.05) is 0 Å². The lowest BCUT2D eigenvalue weighted by molar-refractivity contribution is 1.55. The molecule has 0 aliphatic rings. The molecule has 0 bridgehead atoms. The molecule has 0 saturated carbocycles. The van der Waals surface area contributed by atoms with Crippen LogP contribution in [0.3, 0.4) is 0 Å². The van der Waals surface area contributed by atoms with Gasteiger partial charge in [0.25, 0.3) is 0 Å². The molecule has 0 amide bonds. The molecule has 2 aromatic heterocycles. The maximum atomic E-state index is 3.69. The fourth-order valence-corrected chi connectivity index (χ4v) is 4.85. The molecule has 2 nitrogen and oxygen atoms in total. The van der Waals surface area contributed by atoms with Gasteiger partial charge in [-0.05, 0) is 34.4 Å². The Labute approximate surface area is 148 Å². The number of benzene rings is 5. The third kappa shape index (κ3) is 1.33. The fraction of sp³-hybridized carbons (Fsp3) is 0. The van der Waals surface area contributed by atoms with Crippen LogP contribution in [0.4, 0.5) is 0 Å². The molecule has 7 rings (SSSR count). The topological polar surface area (TPSA) is 31.6 Å². The van der Waals surface area contributed by atoms with Gasteiger partial charge in [-0.15, -0.1) is 0 Å². The zero-order valence-corrected chi connectivity index (χ0v) is 13.9. The number of rotatable bonds is 0. The van der Waals surface area contributed by atoms with Gasteiger partial charge in [-0.1, -0.05) is 54.6 Å². The van der Waals surface area contributed by atoms with Crippen LogP contribution in [-0.4, -0.2) is 9.97 Å².